The number of hydrogen-bond acceptors (Lipinski definition) is 6. The number of carbonyl (C=O) groups excluding carboxylic acids is 2. The van der Waals surface area contributed by atoms with Crippen molar-refractivity contribution in [1.29, 1.82) is 0 Å². The Hall–Kier alpha value is -3.22. The van der Waals surface area contributed by atoms with Crippen molar-refractivity contribution < 1.29 is 28.5 Å². The molecule has 5 rings (SSSR count). The molecule has 188 valence electrons. The Morgan fingerprint density at radius 1 is 1.14 bits per heavy atom. The predicted molar refractivity (Wildman–Crippen MR) is 134 cm³/mol. The molecular weight excluding hydrogens is 456 g/mol. The van der Waals surface area contributed by atoms with E-state index in [0.29, 0.717) is 17.6 Å². The van der Waals surface area contributed by atoms with Gasteiger partial charge in [-0.25, -0.2) is 9.59 Å². The number of epoxide rings is 1. The molecule has 2 heterocycles. The van der Waals surface area contributed by atoms with Crippen molar-refractivity contribution in [3.05, 3.63) is 95.6 Å². The van der Waals surface area contributed by atoms with Crippen molar-refractivity contribution in [3.63, 3.8) is 0 Å². The topological polar surface area (TPSA) is 74.4 Å². The zero-order valence-corrected chi connectivity index (χ0v) is 20.7. The summed E-state index contributed by atoms with van der Waals surface area (Å²) in [5.41, 5.74) is 2.75. The third kappa shape index (κ3) is 5.01. The van der Waals surface area contributed by atoms with E-state index in [9.17, 15) is 9.59 Å². The summed E-state index contributed by atoms with van der Waals surface area (Å²) in [5.74, 6) is -1.10. The van der Waals surface area contributed by atoms with E-state index in [1.165, 1.54) is 0 Å². The third-order valence-electron chi connectivity index (χ3n) is 7.51. The normalized spacial score (nSPS) is 30.3. The number of esters is 2. The molecule has 0 aromatic heterocycles. The molecule has 2 aliphatic heterocycles. The molecule has 0 saturated carbocycles. The Labute approximate surface area is 211 Å². The van der Waals surface area contributed by atoms with Crippen LogP contribution in [0, 0.1) is 5.92 Å². The molecule has 2 fully saturated rings. The van der Waals surface area contributed by atoms with Gasteiger partial charge in [-0.15, -0.1) is 0 Å². The molecule has 1 aliphatic carbocycles. The zero-order chi connectivity index (χ0) is 25.3. The van der Waals surface area contributed by atoms with Crippen LogP contribution in [0.15, 0.2) is 84.5 Å². The van der Waals surface area contributed by atoms with Crippen molar-refractivity contribution in [1.82, 2.24) is 0 Å². The molecule has 2 aromatic rings. The second kappa shape index (κ2) is 10.0. The fraction of sp³-hybridized carbons (Fsp3) is 0.400. The summed E-state index contributed by atoms with van der Waals surface area (Å²) in [5, 5.41) is 0. The van der Waals surface area contributed by atoms with Gasteiger partial charge in [0.2, 0.25) is 0 Å². The number of carbonyl (C=O) groups is 2. The first-order valence-corrected chi connectivity index (χ1v) is 12.5. The number of ether oxygens (including phenoxy) is 4. The first-order valence-electron chi connectivity index (χ1n) is 12.5. The molecule has 0 spiro atoms. The van der Waals surface area contributed by atoms with Gasteiger partial charge in [0.05, 0.1) is 11.7 Å². The molecule has 1 unspecified atom stereocenters. The smallest absolute Gasteiger partial charge is 0.340 e. The molecular formula is C30H32O6. The van der Waals surface area contributed by atoms with E-state index in [-0.39, 0.29) is 30.2 Å². The van der Waals surface area contributed by atoms with Gasteiger partial charge >= 0.3 is 11.9 Å². The van der Waals surface area contributed by atoms with Crippen LogP contribution in [0.2, 0.25) is 0 Å². The molecule has 36 heavy (non-hydrogen) atoms. The SMILES string of the molecule is C=C1C(=O)O[C@@H]2[C@H]3O[C@]3(C)CCC=C(C)[C@@H](OC(C(=O)OCc3ccccc3)c3ccccc3)C[C@@H]12. The van der Waals surface area contributed by atoms with Gasteiger partial charge in [0, 0.05) is 11.5 Å². The number of rotatable bonds is 6. The Balaban J connectivity index is 1.40. The van der Waals surface area contributed by atoms with Gasteiger partial charge < -0.3 is 18.9 Å². The lowest BCUT2D eigenvalue weighted by Gasteiger charge is -2.29. The lowest BCUT2D eigenvalue weighted by molar-refractivity contribution is -0.162. The standard InChI is InChI=1S/C30H32O6/c1-19-11-10-16-30(3)27(36-30)26-23(20(2)28(31)35-26)17-24(19)34-25(22-14-8-5-9-15-22)29(32)33-18-21-12-6-4-7-13-21/h4-9,11-15,23-27H,2,10,16-18H2,1,3H3/t23-,24-,25?,26-,27+,30+/m0/s1. The fourth-order valence-electron chi connectivity index (χ4n) is 5.22. The van der Waals surface area contributed by atoms with E-state index < -0.39 is 24.3 Å². The molecule has 6 heteroatoms. The molecule has 3 aliphatic rings. The van der Waals surface area contributed by atoms with Crippen molar-refractivity contribution >= 4 is 11.9 Å². The van der Waals surface area contributed by atoms with E-state index in [2.05, 4.69) is 19.6 Å². The number of benzene rings is 2. The summed E-state index contributed by atoms with van der Waals surface area (Å²) in [4.78, 5) is 25.8. The molecule has 6 atom stereocenters. The van der Waals surface area contributed by atoms with Crippen LogP contribution in [0.25, 0.3) is 0 Å². The highest BCUT2D eigenvalue weighted by molar-refractivity contribution is 5.91. The Morgan fingerprint density at radius 3 is 2.56 bits per heavy atom. The maximum Gasteiger partial charge on any atom is 0.340 e. The number of allylic oxidation sites excluding steroid dienone is 1. The maximum atomic E-state index is 13.3. The first kappa shape index (κ1) is 24.5. The van der Waals surface area contributed by atoms with E-state index >= 15 is 0 Å². The van der Waals surface area contributed by atoms with Crippen LogP contribution in [0.4, 0.5) is 0 Å². The largest absolute Gasteiger partial charge is 0.459 e. The minimum atomic E-state index is -0.918. The highest BCUT2D eigenvalue weighted by Gasteiger charge is 2.61. The van der Waals surface area contributed by atoms with Gasteiger partial charge in [0.15, 0.2) is 6.10 Å². The van der Waals surface area contributed by atoms with E-state index in [0.717, 1.165) is 24.0 Å². The first-order chi connectivity index (χ1) is 17.4. The molecule has 6 nitrogen and oxygen atoms in total. The molecule has 0 amide bonds. The maximum absolute atomic E-state index is 13.3. The van der Waals surface area contributed by atoms with Gasteiger partial charge in [-0.3, -0.25) is 0 Å². The quantitative estimate of drug-likeness (QED) is 0.240. The van der Waals surface area contributed by atoms with Crippen molar-refractivity contribution in [2.45, 2.75) is 69.7 Å². The Morgan fingerprint density at radius 2 is 1.83 bits per heavy atom. The fourth-order valence-corrected chi connectivity index (χ4v) is 5.22. The van der Waals surface area contributed by atoms with Crippen LogP contribution >= 0.6 is 0 Å². The van der Waals surface area contributed by atoms with Crippen LogP contribution in [0.5, 0.6) is 0 Å². The molecule has 0 bridgehead atoms. The molecule has 0 radical (unpaired) electrons. The Kier molecular flexibility index (Phi) is 6.82. The van der Waals surface area contributed by atoms with Crippen LogP contribution in [-0.4, -0.2) is 35.9 Å². The number of fused-ring (bicyclic) bond motifs is 3. The van der Waals surface area contributed by atoms with Crippen LogP contribution in [0.1, 0.15) is 50.3 Å². The average Bonchev–Trinajstić information content (AvgIpc) is 3.48. The van der Waals surface area contributed by atoms with E-state index in [4.69, 9.17) is 18.9 Å². The molecule has 0 N–H and O–H groups in total. The highest BCUT2D eigenvalue weighted by Crippen LogP contribution is 2.50. The van der Waals surface area contributed by atoms with Gasteiger partial charge in [-0.2, -0.15) is 0 Å². The zero-order valence-electron chi connectivity index (χ0n) is 20.7. The van der Waals surface area contributed by atoms with E-state index in [1.807, 2.05) is 67.6 Å². The summed E-state index contributed by atoms with van der Waals surface area (Å²) >= 11 is 0. The van der Waals surface area contributed by atoms with E-state index in [1.54, 1.807) is 0 Å². The number of hydrogen-bond donors (Lipinski definition) is 0. The average molecular weight is 489 g/mol. The lowest BCUT2D eigenvalue weighted by Crippen LogP contribution is -2.34. The highest BCUT2D eigenvalue weighted by atomic mass is 16.6. The summed E-state index contributed by atoms with van der Waals surface area (Å²) in [6, 6.07) is 18.9. The summed E-state index contributed by atoms with van der Waals surface area (Å²) in [7, 11) is 0. The molecule has 2 aromatic carbocycles. The van der Waals surface area contributed by atoms with Gasteiger partial charge in [-0.1, -0.05) is 73.3 Å². The predicted octanol–water partition coefficient (Wildman–Crippen LogP) is 5.24. The Bertz CT molecular complexity index is 1160. The summed E-state index contributed by atoms with van der Waals surface area (Å²) in [6.07, 6.45) is 2.33. The van der Waals surface area contributed by atoms with Crippen LogP contribution in [0.3, 0.4) is 0 Å². The second-order valence-corrected chi connectivity index (χ2v) is 10.1. The van der Waals surface area contributed by atoms with Crippen molar-refractivity contribution in [2.75, 3.05) is 0 Å². The minimum absolute atomic E-state index is 0.154. The van der Waals surface area contributed by atoms with Crippen LogP contribution in [-0.2, 0) is 35.1 Å². The summed E-state index contributed by atoms with van der Waals surface area (Å²) < 4.78 is 24.0. The summed E-state index contributed by atoms with van der Waals surface area (Å²) in [6.45, 7) is 8.25. The van der Waals surface area contributed by atoms with Gasteiger partial charge in [0.1, 0.15) is 18.8 Å². The van der Waals surface area contributed by atoms with Crippen molar-refractivity contribution in [2.24, 2.45) is 5.92 Å². The lowest BCUT2D eigenvalue weighted by atomic mass is 9.83. The van der Waals surface area contributed by atoms with Gasteiger partial charge in [-0.05, 0) is 49.8 Å². The van der Waals surface area contributed by atoms with Crippen molar-refractivity contribution in [3.8, 4) is 0 Å². The van der Waals surface area contributed by atoms with Crippen LogP contribution < -0.4 is 0 Å². The second-order valence-electron chi connectivity index (χ2n) is 10.1. The molecule has 2 saturated heterocycles. The third-order valence-corrected chi connectivity index (χ3v) is 7.51. The minimum Gasteiger partial charge on any atom is -0.459 e. The van der Waals surface area contributed by atoms with Gasteiger partial charge in [0.25, 0.3) is 0 Å². The monoisotopic (exact) mass is 488 g/mol.